The van der Waals surface area contributed by atoms with Crippen molar-refractivity contribution in [1.29, 1.82) is 0 Å². The van der Waals surface area contributed by atoms with Crippen LogP contribution >= 0.6 is 35.3 Å². The van der Waals surface area contributed by atoms with Gasteiger partial charge < -0.3 is 15.0 Å². The second kappa shape index (κ2) is 12.6. The summed E-state index contributed by atoms with van der Waals surface area (Å²) < 4.78 is 33.1. The Morgan fingerprint density at radius 1 is 1.27 bits per heavy atom. The minimum atomic E-state index is -3.35. The number of rotatable bonds is 7. The molecular formula is C20H35IN4O3S2. The molecule has 0 atom stereocenters. The Balaban J connectivity index is 0.00000320. The smallest absolute Gasteiger partial charge is 0.252 e. The first-order valence-electron chi connectivity index (χ1n) is 10.6. The van der Waals surface area contributed by atoms with Crippen LogP contribution in [0.2, 0.25) is 0 Å². The van der Waals surface area contributed by atoms with Crippen LogP contribution < -0.4 is 5.32 Å². The van der Waals surface area contributed by atoms with Crippen molar-refractivity contribution in [1.82, 2.24) is 14.5 Å². The molecule has 3 rings (SSSR count). The number of guanidine groups is 1. The predicted molar refractivity (Wildman–Crippen MR) is 133 cm³/mol. The van der Waals surface area contributed by atoms with E-state index in [0.29, 0.717) is 23.8 Å². The monoisotopic (exact) mass is 570 g/mol. The van der Waals surface area contributed by atoms with E-state index in [1.165, 1.54) is 11.3 Å². The van der Waals surface area contributed by atoms with Crippen LogP contribution in [0.25, 0.3) is 0 Å². The zero-order chi connectivity index (χ0) is 20.7. The molecule has 0 aromatic carbocycles. The Morgan fingerprint density at radius 3 is 2.63 bits per heavy atom. The number of thiophene rings is 1. The van der Waals surface area contributed by atoms with Crippen molar-refractivity contribution in [2.75, 3.05) is 46.9 Å². The molecule has 0 saturated carbocycles. The molecule has 0 aliphatic carbocycles. The quantitative estimate of drug-likeness (QED) is 0.309. The summed E-state index contributed by atoms with van der Waals surface area (Å²) in [4.78, 5) is 7.53. The van der Waals surface area contributed by atoms with Crippen molar-refractivity contribution in [2.24, 2.45) is 10.9 Å². The zero-order valence-corrected chi connectivity index (χ0v) is 22.0. The summed E-state index contributed by atoms with van der Waals surface area (Å²) in [5, 5.41) is 3.37. The highest BCUT2D eigenvalue weighted by atomic mass is 127. The minimum Gasteiger partial charge on any atom is -0.381 e. The molecule has 10 heteroatoms. The molecule has 3 heterocycles. The van der Waals surface area contributed by atoms with E-state index in [-0.39, 0.29) is 24.0 Å². The predicted octanol–water partition coefficient (Wildman–Crippen LogP) is 3.36. The van der Waals surface area contributed by atoms with E-state index >= 15 is 0 Å². The summed E-state index contributed by atoms with van der Waals surface area (Å²) in [5.74, 6) is 1.56. The molecule has 0 bridgehead atoms. The Labute approximate surface area is 202 Å². The number of nitrogens with zero attached hydrogens (tertiary/aromatic N) is 3. The van der Waals surface area contributed by atoms with Crippen molar-refractivity contribution >= 4 is 51.3 Å². The van der Waals surface area contributed by atoms with Crippen LogP contribution in [0.3, 0.4) is 0 Å². The average Bonchev–Trinajstić information content (AvgIpc) is 3.24. The van der Waals surface area contributed by atoms with Gasteiger partial charge >= 0.3 is 0 Å². The van der Waals surface area contributed by atoms with Crippen molar-refractivity contribution in [3.63, 3.8) is 0 Å². The van der Waals surface area contributed by atoms with Crippen molar-refractivity contribution < 1.29 is 13.2 Å². The number of nitrogens with one attached hydrogen (secondary N) is 1. The molecule has 2 fully saturated rings. The highest BCUT2D eigenvalue weighted by molar-refractivity contribution is 14.0. The third kappa shape index (κ3) is 7.04. The lowest BCUT2D eigenvalue weighted by Gasteiger charge is -2.26. The maximum absolute atomic E-state index is 12.8. The van der Waals surface area contributed by atoms with Crippen molar-refractivity contribution in [3.8, 4) is 0 Å². The summed E-state index contributed by atoms with van der Waals surface area (Å²) in [7, 11) is 0.487. The van der Waals surface area contributed by atoms with Crippen LogP contribution in [-0.4, -0.2) is 70.5 Å². The largest absolute Gasteiger partial charge is 0.381 e. The van der Waals surface area contributed by atoms with E-state index in [2.05, 4.69) is 22.3 Å². The van der Waals surface area contributed by atoms with Gasteiger partial charge in [0.25, 0.3) is 10.0 Å². The van der Waals surface area contributed by atoms with Gasteiger partial charge in [-0.05, 0) is 50.2 Å². The molecule has 1 aromatic rings. The fourth-order valence-corrected chi connectivity index (χ4v) is 6.86. The summed E-state index contributed by atoms with van der Waals surface area (Å²) in [6.07, 6.45) is 6.45. The summed E-state index contributed by atoms with van der Waals surface area (Å²) in [6, 6.07) is 3.65. The number of ether oxygens (including phenoxy) is 1. The van der Waals surface area contributed by atoms with Crippen LogP contribution in [0.15, 0.2) is 21.3 Å². The van der Waals surface area contributed by atoms with Crippen molar-refractivity contribution in [2.45, 2.75) is 49.3 Å². The minimum absolute atomic E-state index is 0. The van der Waals surface area contributed by atoms with Crippen LogP contribution in [-0.2, 0) is 21.3 Å². The normalized spacial score (nSPS) is 19.3. The molecule has 2 aliphatic rings. The lowest BCUT2D eigenvalue weighted by Crippen LogP contribution is -2.39. The van der Waals surface area contributed by atoms with Gasteiger partial charge in [0, 0.05) is 51.8 Å². The van der Waals surface area contributed by atoms with Gasteiger partial charge in [0.1, 0.15) is 4.21 Å². The van der Waals surface area contributed by atoms with Gasteiger partial charge in [-0.3, -0.25) is 4.99 Å². The van der Waals surface area contributed by atoms with E-state index in [1.54, 1.807) is 17.4 Å². The molecule has 2 aliphatic heterocycles. The fraction of sp³-hybridized carbons (Fsp3) is 0.750. The van der Waals surface area contributed by atoms with Crippen LogP contribution in [0.1, 0.15) is 43.4 Å². The molecule has 30 heavy (non-hydrogen) atoms. The molecule has 2 saturated heterocycles. The highest BCUT2D eigenvalue weighted by Gasteiger charge is 2.27. The van der Waals surface area contributed by atoms with Gasteiger partial charge in [-0.15, -0.1) is 35.3 Å². The molecule has 0 unspecified atom stereocenters. The first-order valence-corrected chi connectivity index (χ1v) is 12.8. The number of piperidine rings is 1. The van der Waals surface area contributed by atoms with E-state index in [1.807, 2.05) is 6.07 Å². The molecule has 1 aromatic heterocycles. The van der Waals surface area contributed by atoms with Gasteiger partial charge in [0.05, 0.1) is 6.54 Å². The number of hydrogen-bond acceptors (Lipinski definition) is 5. The molecule has 0 radical (unpaired) electrons. The SMILES string of the molecule is CN=C(NCc1ccc(S(=O)(=O)N2CCCCC2)s1)N(C)CCC1CCOCC1.I. The average molecular weight is 571 g/mol. The second-order valence-corrected chi connectivity index (χ2v) is 11.2. The standard InChI is InChI=1S/C20H34N4O3S2.HI/c1-21-20(23(2)13-8-17-9-14-27-15-10-17)22-16-18-6-7-19(28-18)29(25,26)24-11-4-3-5-12-24;/h6-7,17H,3-5,8-16H2,1-2H3,(H,21,22);1H. The number of sulfonamides is 1. The lowest BCUT2D eigenvalue weighted by atomic mass is 9.96. The summed E-state index contributed by atoms with van der Waals surface area (Å²) in [5.41, 5.74) is 0. The van der Waals surface area contributed by atoms with Gasteiger partial charge in [-0.1, -0.05) is 6.42 Å². The molecule has 1 N–H and O–H groups in total. The van der Waals surface area contributed by atoms with Gasteiger partial charge in [0.15, 0.2) is 5.96 Å². The maximum Gasteiger partial charge on any atom is 0.252 e. The fourth-order valence-electron chi connectivity index (χ4n) is 3.89. The van der Waals surface area contributed by atoms with E-state index in [4.69, 9.17) is 4.74 Å². The number of halogens is 1. The summed E-state index contributed by atoms with van der Waals surface area (Å²) in [6.45, 7) is 4.55. The highest BCUT2D eigenvalue weighted by Crippen LogP contribution is 2.27. The van der Waals surface area contributed by atoms with Crippen molar-refractivity contribution in [3.05, 3.63) is 17.0 Å². The van der Waals surface area contributed by atoms with Crippen LogP contribution in [0.4, 0.5) is 0 Å². The third-order valence-corrected chi connectivity index (χ3v) is 9.21. The molecule has 172 valence electrons. The molecule has 0 amide bonds. The Bertz CT molecular complexity index is 773. The Kier molecular flexibility index (Phi) is 10.8. The van der Waals surface area contributed by atoms with Gasteiger partial charge in [-0.25, -0.2) is 8.42 Å². The van der Waals surface area contributed by atoms with E-state index < -0.39 is 10.0 Å². The molecular weight excluding hydrogens is 535 g/mol. The Morgan fingerprint density at radius 2 is 1.97 bits per heavy atom. The van der Waals surface area contributed by atoms with Crippen LogP contribution in [0, 0.1) is 5.92 Å². The molecule has 0 spiro atoms. The zero-order valence-electron chi connectivity index (χ0n) is 18.0. The number of aliphatic imine (C=N–C) groups is 1. The third-order valence-electron chi connectivity index (χ3n) is 5.75. The lowest BCUT2D eigenvalue weighted by molar-refractivity contribution is 0.0625. The van der Waals surface area contributed by atoms with E-state index in [0.717, 1.165) is 75.0 Å². The first kappa shape index (κ1) is 25.8. The Hall–Kier alpha value is -0.430. The molecule has 7 nitrogen and oxygen atoms in total. The van der Waals surface area contributed by atoms with Gasteiger partial charge in [0.2, 0.25) is 0 Å². The topological polar surface area (TPSA) is 74.2 Å². The summed E-state index contributed by atoms with van der Waals surface area (Å²) >= 11 is 1.35. The maximum atomic E-state index is 12.8. The second-order valence-electron chi connectivity index (χ2n) is 7.85. The first-order chi connectivity index (χ1) is 14.0. The number of hydrogen-bond donors (Lipinski definition) is 1. The van der Waals surface area contributed by atoms with Crippen LogP contribution in [0.5, 0.6) is 0 Å². The van der Waals surface area contributed by atoms with E-state index in [9.17, 15) is 8.42 Å². The van der Waals surface area contributed by atoms with Gasteiger partial charge in [-0.2, -0.15) is 4.31 Å².